The standard InChI is InChI=1S/C17H21N5O2/c1-21-9-11-22(12-10-21)17-18-8-7-14(20-17)16(23)19-13-5-3-4-6-15(13)24-2/h3-8H,9-12H2,1-2H3,(H,19,23). The molecule has 3 rings (SSSR count). The molecule has 0 saturated carbocycles. The number of likely N-dealkylation sites (N-methyl/N-ethyl adjacent to an activating group) is 1. The molecule has 0 bridgehead atoms. The van der Waals surface area contributed by atoms with Gasteiger partial charge in [-0.1, -0.05) is 12.1 Å². The van der Waals surface area contributed by atoms with E-state index in [1.807, 2.05) is 12.1 Å². The Hall–Kier alpha value is -2.67. The van der Waals surface area contributed by atoms with Crippen LogP contribution >= 0.6 is 0 Å². The molecule has 1 aromatic carbocycles. The average molecular weight is 327 g/mol. The molecule has 1 aliphatic rings. The van der Waals surface area contributed by atoms with Crippen LogP contribution in [0, 0.1) is 0 Å². The first-order valence-electron chi connectivity index (χ1n) is 7.88. The van der Waals surface area contributed by atoms with Gasteiger partial charge in [0.2, 0.25) is 5.95 Å². The lowest BCUT2D eigenvalue weighted by Gasteiger charge is -2.32. The van der Waals surface area contributed by atoms with E-state index in [0.717, 1.165) is 26.2 Å². The van der Waals surface area contributed by atoms with E-state index in [0.29, 0.717) is 23.1 Å². The monoisotopic (exact) mass is 327 g/mol. The first kappa shape index (κ1) is 16.2. The molecular formula is C17H21N5O2. The van der Waals surface area contributed by atoms with E-state index in [4.69, 9.17) is 4.74 Å². The summed E-state index contributed by atoms with van der Waals surface area (Å²) in [6.45, 7) is 3.63. The molecule has 1 saturated heterocycles. The van der Waals surface area contributed by atoms with Gasteiger partial charge in [-0.2, -0.15) is 0 Å². The summed E-state index contributed by atoms with van der Waals surface area (Å²) in [5.74, 6) is 0.923. The number of aromatic nitrogens is 2. The number of carbonyl (C=O) groups is 1. The Morgan fingerprint density at radius 3 is 2.67 bits per heavy atom. The van der Waals surface area contributed by atoms with Crippen LogP contribution in [0.3, 0.4) is 0 Å². The molecule has 126 valence electrons. The molecule has 0 atom stereocenters. The van der Waals surface area contributed by atoms with Gasteiger partial charge >= 0.3 is 0 Å². The highest BCUT2D eigenvalue weighted by atomic mass is 16.5. The largest absolute Gasteiger partial charge is 0.495 e. The van der Waals surface area contributed by atoms with E-state index < -0.39 is 0 Å². The molecule has 0 aliphatic carbocycles. The van der Waals surface area contributed by atoms with Crippen molar-refractivity contribution in [3.05, 3.63) is 42.2 Å². The van der Waals surface area contributed by atoms with Crippen molar-refractivity contribution >= 4 is 17.5 Å². The SMILES string of the molecule is COc1ccccc1NC(=O)c1ccnc(N2CCN(C)CC2)n1. The molecule has 1 aliphatic heterocycles. The fraction of sp³-hybridized carbons (Fsp3) is 0.353. The van der Waals surface area contributed by atoms with Crippen molar-refractivity contribution in [1.82, 2.24) is 14.9 Å². The zero-order chi connectivity index (χ0) is 16.9. The van der Waals surface area contributed by atoms with Crippen LogP contribution in [0.2, 0.25) is 0 Å². The average Bonchev–Trinajstić information content (AvgIpc) is 2.63. The number of para-hydroxylation sites is 2. The highest BCUT2D eigenvalue weighted by molar-refractivity contribution is 6.03. The van der Waals surface area contributed by atoms with E-state index in [9.17, 15) is 4.79 Å². The summed E-state index contributed by atoms with van der Waals surface area (Å²) in [6, 6.07) is 8.90. The molecule has 7 heteroatoms. The van der Waals surface area contributed by atoms with Gasteiger partial charge in [0.25, 0.3) is 5.91 Å². The second-order valence-electron chi connectivity index (χ2n) is 5.69. The molecular weight excluding hydrogens is 306 g/mol. The van der Waals surface area contributed by atoms with Gasteiger partial charge in [0.15, 0.2) is 0 Å². The van der Waals surface area contributed by atoms with E-state index in [1.54, 1.807) is 31.5 Å². The first-order valence-corrected chi connectivity index (χ1v) is 7.88. The first-order chi connectivity index (χ1) is 11.7. The van der Waals surface area contributed by atoms with Gasteiger partial charge in [0.1, 0.15) is 11.4 Å². The Bertz CT molecular complexity index is 714. The Balaban J connectivity index is 1.75. The van der Waals surface area contributed by atoms with Crippen LogP contribution in [0.25, 0.3) is 0 Å². The van der Waals surface area contributed by atoms with Gasteiger partial charge in [0.05, 0.1) is 12.8 Å². The highest BCUT2D eigenvalue weighted by Crippen LogP contribution is 2.23. The van der Waals surface area contributed by atoms with E-state index in [-0.39, 0.29) is 5.91 Å². The minimum Gasteiger partial charge on any atom is -0.495 e. The smallest absolute Gasteiger partial charge is 0.274 e. The molecule has 1 fully saturated rings. The zero-order valence-corrected chi connectivity index (χ0v) is 13.9. The maximum absolute atomic E-state index is 12.5. The van der Waals surface area contributed by atoms with Crippen molar-refractivity contribution in [3.63, 3.8) is 0 Å². The summed E-state index contributed by atoms with van der Waals surface area (Å²) in [4.78, 5) is 25.6. The third-order valence-electron chi connectivity index (χ3n) is 4.02. The summed E-state index contributed by atoms with van der Waals surface area (Å²) in [5.41, 5.74) is 0.953. The third-order valence-corrected chi connectivity index (χ3v) is 4.02. The lowest BCUT2D eigenvalue weighted by molar-refractivity contribution is 0.102. The van der Waals surface area contributed by atoms with Crippen LogP contribution in [0.15, 0.2) is 36.5 Å². The number of benzene rings is 1. The van der Waals surface area contributed by atoms with Gasteiger partial charge in [-0.15, -0.1) is 0 Å². The van der Waals surface area contributed by atoms with E-state index in [2.05, 4.69) is 32.1 Å². The zero-order valence-electron chi connectivity index (χ0n) is 13.9. The van der Waals surface area contributed by atoms with Gasteiger partial charge in [-0.25, -0.2) is 9.97 Å². The Labute approximate surface area is 141 Å². The quantitative estimate of drug-likeness (QED) is 0.917. The van der Waals surface area contributed by atoms with Crippen molar-refractivity contribution in [3.8, 4) is 5.75 Å². The Morgan fingerprint density at radius 1 is 1.17 bits per heavy atom. The number of anilines is 2. The van der Waals surface area contributed by atoms with E-state index >= 15 is 0 Å². The van der Waals surface area contributed by atoms with Crippen molar-refractivity contribution < 1.29 is 9.53 Å². The number of rotatable bonds is 4. The summed E-state index contributed by atoms with van der Waals surface area (Å²) in [6.07, 6.45) is 1.62. The van der Waals surface area contributed by atoms with Crippen molar-refractivity contribution in [2.24, 2.45) is 0 Å². The molecule has 1 N–H and O–H groups in total. The van der Waals surface area contributed by atoms with Crippen LogP contribution in [0.4, 0.5) is 11.6 Å². The van der Waals surface area contributed by atoms with E-state index in [1.165, 1.54) is 0 Å². The number of nitrogens with one attached hydrogen (secondary N) is 1. The van der Waals surface area contributed by atoms with Gasteiger partial charge in [0, 0.05) is 32.4 Å². The predicted molar refractivity (Wildman–Crippen MR) is 92.7 cm³/mol. The van der Waals surface area contributed by atoms with Crippen molar-refractivity contribution in [1.29, 1.82) is 0 Å². The van der Waals surface area contributed by atoms with Crippen LogP contribution in [-0.2, 0) is 0 Å². The summed E-state index contributed by atoms with van der Waals surface area (Å²) < 4.78 is 5.25. The highest BCUT2D eigenvalue weighted by Gasteiger charge is 2.18. The normalized spacial score (nSPS) is 15.2. The third kappa shape index (κ3) is 3.62. The fourth-order valence-electron chi connectivity index (χ4n) is 2.57. The van der Waals surface area contributed by atoms with Crippen LogP contribution < -0.4 is 15.0 Å². The lowest BCUT2D eigenvalue weighted by atomic mass is 10.2. The predicted octanol–water partition coefficient (Wildman–Crippen LogP) is 1.49. The number of hydrogen-bond acceptors (Lipinski definition) is 6. The minimum atomic E-state index is -0.280. The summed E-state index contributed by atoms with van der Waals surface area (Å²) in [7, 11) is 3.66. The second-order valence-corrected chi connectivity index (χ2v) is 5.69. The molecule has 7 nitrogen and oxygen atoms in total. The number of carbonyl (C=O) groups excluding carboxylic acids is 1. The lowest BCUT2D eigenvalue weighted by Crippen LogP contribution is -2.45. The molecule has 24 heavy (non-hydrogen) atoms. The number of hydrogen-bond donors (Lipinski definition) is 1. The molecule has 0 spiro atoms. The van der Waals surface area contributed by atoms with Crippen molar-refractivity contribution in [2.45, 2.75) is 0 Å². The Kier molecular flexibility index (Phi) is 4.90. The summed E-state index contributed by atoms with van der Waals surface area (Å²) >= 11 is 0. The van der Waals surface area contributed by atoms with Gasteiger partial charge in [-0.05, 0) is 25.2 Å². The number of nitrogens with zero attached hydrogens (tertiary/aromatic N) is 4. The maximum atomic E-state index is 12.5. The number of methoxy groups -OCH3 is 1. The minimum absolute atomic E-state index is 0.280. The topological polar surface area (TPSA) is 70.6 Å². The molecule has 1 aromatic heterocycles. The van der Waals surface area contributed by atoms with Crippen LogP contribution in [0.5, 0.6) is 5.75 Å². The molecule has 0 unspecified atom stereocenters. The second kappa shape index (κ2) is 7.27. The molecule has 2 heterocycles. The molecule has 0 radical (unpaired) electrons. The number of piperazine rings is 1. The maximum Gasteiger partial charge on any atom is 0.274 e. The van der Waals surface area contributed by atoms with Crippen LogP contribution in [0.1, 0.15) is 10.5 Å². The fourth-order valence-corrected chi connectivity index (χ4v) is 2.57. The van der Waals surface area contributed by atoms with Gasteiger partial charge < -0.3 is 19.9 Å². The number of amides is 1. The summed E-state index contributed by atoms with van der Waals surface area (Å²) in [5, 5.41) is 2.83. The molecule has 1 amide bonds. The molecule has 2 aromatic rings. The van der Waals surface area contributed by atoms with Crippen molar-refractivity contribution in [2.75, 3.05) is 50.6 Å². The van der Waals surface area contributed by atoms with Crippen LogP contribution in [-0.4, -0.2) is 61.1 Å². The Morgan fingerprint density at radius 2 is 1.92 bits per heavy atom. The van der Waals surface area contributed by atoms with Gasteiger partial charge in [-0.3, -0.25) is 4.79 Å². The number of ether oxygens (including phenoxy) is 1.